The van der Waals surface area contributed by atoms with Crippen molar-refractivity contribution >= 4 is 34.6 Å². The summed E-state index contributed by atoms with van der Waals surface area (Å²) in [5, 5.41) is 3.17. The summed E-state index contributed by atoms with van der Waals surface area (Å²) in [5.41, 5.74) is 1.46. The molecule has 0 spiro atoms. The fraction of sp³-hybridized carbons (Fsp3) is 0.0526. The number of amidine groups is 1. The number of amides is 1. The molecule has 1 amide bonds. The maximum atomic E-state index is 12.9. The van der Waals surface area contributed by atoms with Gasteiger partial charge in [-0.2, -0.15) is 0 Å². The third kappa shape index (κ3) is 4.58. The van der Waals surface area contributed by atoms with Gasteiger partial charge < -0.3 is 10.1 Å². The number of nitrogens with zero attached hydrogens (tertiary/aromatic N) is 1. The van der Waals surface area contributed by atoms with Crippen molar-refractivity contribution in [3.05, 3.63) is 77.5 Å². The number of carbonyl (C=O) groups is 1. The van der Waals surface area contributed by atoms with Crippen LogP contribution in [0, 0.1) is 5.82 Å². The first-order chi connectivity index (χ1) is 12.1. The van der Waals surface area contributed by atoms with E-state index >= 15 is 0 Å². The van der Waals surface area contributed by atoms with Gasteiger partial charge in [-0.25, -0.2) is 9.38 Å². The lowest BCUT2D eigenvalue weighted by Crippen LogP contribution is -2.19. The molecule has 25 heavy (non-hydrogen) atoms. The van der Waals surface area contributed by atoms with Crippen molar-refractivity contribution in [1.82, 2.24) is 5.32 Å². The van der Waals surface area contributed by atoms with Crippen LogP contribution >= 0.6 is 11.8 Å². The molecule has 0 saturated carbocycles. The maximum absolute atomic E-state index is 12.9. The number of thioether (sulfide) groups is 1. The van der Waals surface area contributed by atoms with Gasteiger partial charge in [-0.15, -0.1) is 0 Å². The predicted molar refractivity (Wildman–Crippen MR) is 99.3 cm³/mol. The monoisotopic (exact) mass is 354 g/mol. The molecular weight excluding hydrogens is 339 g/mol. The van der Waals surface area contributed by atoms with Crippen molar-refractivity contribution in [2.45, 2.75) is 0 Å². The highest BCUT2D eigenvalue weighted by Gasteiger charge is 2.23. The molecule has 1 N–H and O–H groups in total. The standard InChI is InChI=1S/C19H15FN2O2S/c1-2-11-24-16-9-3-13(4-10-16)12-17-18(23)22-19(25-17)21-15-7-5-14(20)6-8-15/h2-10,12H,1,11H2,(H,21,22,23). The van der Waals surface area contributed by atoms with E-state index in [1.807, 2.05) is 24.3 Å². The van der Waals surface area contributed by atoms with Crippen molar-refractivity contribution in [1.29, 1.82) is 0 Å². The van der Waals surface area contributed by atoms with Crippen LogP contribution in [0.25, 0.3) is 6.08 Å². The Kier molecular flexibility index (Phi) is 5.30. The molecule has 0 bridgehead atoms. The number of nitrogens with one attached hydrogen (secondary N) is 1. The molecule has 1 saturated heterocycles. The van der Waals surface area contributed by atoms with Gasteiger partial charge in [-0.3, -0.25) is 4.79 Å². The Bertz CT molecular complexity index is 843. The maximum Gasteiger partial charge on any atom is 0.264 e. The van der Waals surface area contributed by atoms with Crippen molar-refractivity contribution in [3.8, 4) is 5.75 Å². The van der Waals surface area contributed by atoms with E-state index in [0.29, 0.717) is 22.4 Å². The molecular formula is C19H15FN2O2S. The van der Waals surface area contributed by atoms with Crippen LogP contribution in [-0.2, 0) is 4.79 Å². The van der Waals surface area contributed by atoms with Gasteiger partial charge in [0, 0.05) is 0 Å². The number of benzene rings is 2. The topological polar surface area (TPSA) is 50.7 Å². The number of hydrogen-bond donors (Lipinski definition) is 1. The average molecular weight is 354 g/mol. The Morgan fingerprint density at radius 2 is 1.88 bits per heavy atom. The lowest BCUT2D eigenvalue weighted by molar-refractivity contribution is -0.115. The van der Waals surface area contributed by atoms with Crippen LogP contribution in [0.1, 0.15) is 5.56 Å². The Balaban J connectivity index is 1.72. The van der Waals surface area contributed by atoms with Crippen LogP contribution in [0.5, 0.6) is 5.75 Å². The fourth-order valence-electron chi connectivity index (χ4n) is 2.08. The van der Waals surface area contributed by atoms with E-state index in [9.17, 15) is 9.18 Å². The Labute approximate surface area is 149 Å². The molecule has 1 heterocycles. The number of halogens is 1. The summed E-state index contributed by atoms with van der Waals surface area (Å²) in [6.45, 7) is 4.05. The molecule has 1 aliphatic rings. The highest BCUT2D eigenvalue weighted by Crippen LogP contribution is 2.28. The van der Waals surface area contributed by atoms with E-state index in [2.05, 4.69) is 16.9 Å². The number of ether oxygens (including phenoxy) is 1. The van der Waals surface area contributed by atoms with Gasteiger partial charge >= 0.3 is 0 Å². The number of rotatable bonds is 5. The van der Waals surface area contributed by atoms with Crippen molar-refractivity contribution in [2.24, 2.45) is 4.99 Å². The van der Waals surface area contributed by atoms with Gasteiger partial charge in [-0.05, 0) is 59.8 Å². The van der Waals surface area contributed by atoms with E-state index in [0.717, 1.165) is 11.3 Å². The van der Waals surface area contributed by atoms with E-state index in [4.69, 9.17) is 4.74 Å². The quantitative estimate of drug-likeness (QED) is 0.644. The van der Waals surface area contributed by atoms with Crippen LogP contribution in [0.4, 0.5) is 10.1 Å². The highest BCUT2D eigenvalue weighted by molar-refractivity contribution is 8.18. The predicted octanol–water partition coefficient (Wildman–Crippen LogP) is 4.28. The minimum Gasteiger partial charge on any atom is -0.490 e. The van der Waals surface area contributed by atoms with Gasteiger partial charge in [0.2, 0.25) is 0 Å². The molecule has 126 valence electrons. The van der Waals surface area contributed by atoms with E-state index in [1.165, 1.54) is 23.9 Å². The molecule has 0 atom stereocenters. The Hall–Kier alpha value is -2.86. The van der Waals surface area contributed by atoms with Crippen molar-refractivity contribution in [2.75, 3.05) is 6.61 Å². The number of hydrogen-bond acceptors (Lipinski definition) is 4. The normalized spacial score (nSPS) is 16.9. The van der Waals surface area contributed by atoms with Crippen LogP contribution in [0.2, 0.25) is 0 Å². The first-order valence-corrected chi connectivity index (χ1v) is 8.34. The first-order valence-electron chi connectivity index (χ1n) is 7.53. The molecule has 6 heteroatoms. The zero-order valence-electron chi connectivity index (χ0n) is 13.2. The second-order valence-corrected chi connectivity index (χ2v) is 6.16. The zero-order valence-corrected chi connectivity index (χ0v) is 14.1. The summed E-state index contributed by atoms with van der Waals surface area (Å²) in [4.78, 5) is 16.9. The third-order valence-corrected chi connectivity index (χ3v) is 4.16. The van der Waals surface area contributed by atoms with E-state index in [-0.39, 0.29) is 11.7 Å². The Morgan fingerprint density at radius 3 is 2.56 bits per heavy atom. The van der Waals surface area contributed by atoms with Gasteiger partial charge in [0.1, 0.15) is 18.2 Å². The summed E-state index contributed by atoms with van der Waals surface area (Å²) in [7, 11) is 0. The second kappa shape index (κ2) is 7.81. The summed E-state index contributed by atoms with van der Waals surface area (Å²) in [6.07, 6.45) is 3.46. The van der Waals surface area contributed by atoms with Crippen LogP contribution in [0.15, 0.2) is 71.1 Å². The molecule has 0 aliphatic carbocycles. The summed E-state index contributed by atoms with van der Waals surface area (Å²) in [6, 6.07) is 13.2. The van der Waals surface area contributed by atoms with Gasteiger partial charge in [0.05, 0.1) is 10.6 Å². The zero-order chi connectivity index (χ0) is 17.6. The molecule has 1 fully saturated rings. The molecule has 0 radical (unpaired) electrons. The summed E-state index contributed by atoms with van der Waals surface area (Å²) < 4.78 is 18.3. The largest absolute Gasteiger partial charge is 0.490 e. The van der Waals surface area contributed by atoms with Gasteiger partial charge in [0.15, 0.2) is 5.17 Å². The SMILES string of the molecule is C=CCOc1ccc(C=C2SC(=Nc3ccc(F)cc3)NC2=O)cc1. The Morgan fingerprint density at radius 1 is 1.16 bits per heavy atom. The smallest absolute Gasteiger partial charge is 0.264 e. The second-order valence-electron chi connectivity index (χ2n) is 5.13. The summed E-state index contributed by atoms with van der Waals surface area (Å²) >= 11 is 1.24. The number of aliphatic imine (C=N–C) groups is 1. The van der Waals surface area contributed by atoms with Crippen LogP contribution in [0.3, 0.4) is 0 Å². The van der Waals surface area contributed by atoms with Crippen LogP contribution < -0.4 is 10.1 Å². The lowest BCUT2D eigenvalue weighted by atomic mass is 10.2. The van der Waals surface area contributed by atoms with Gasteiger partial charge in [-0.1, -0.05) is 24.8 Å². The third-order valence-electron chi connectivity index (χ3n) is 3.25. The van der Waals surface area contributed by atoms with Gasteiger partial charge in [0.25, 0.3) is 5.91 Å². The van der Waals surface area contributed by atoms with Crippen molar-refractivity contribution in [3.63, 3.8) is 0 Å². The minimum absolute atomic E-state index is 0.210. The highest BCUT2D eigenvalue weighted by atomic mass is 32.2. The molecule has 0 aromatic heterocycles. The van der Waals surface area contributed by atoms with E-state index in [1.54, 1.807) is 24.3 Å². The molecule has 1 aliphatic heterocycles. The number of carbonyl (C=O) groups excluding carboxylic acids is 1. The van der Waals surface area contributed by atoms with E-state index < -0.39 is 0 Å². The van der Waals surface area contributed by atoms with Crippen molar-refractivity contribution < 1.29 is 13.9 Å². The lowest BCUT2D eigenvalue weighted by Gasteiger charge is -2.03. The molecule has 2 aromatic carbocycles. The molecule has 3 rings (SSSR count). The first kappa shape index (κ1) is 17.0. The summed E-state index contributed by atoms with van der Waals surface area (Å²) in [5.74, 6) is 0.204. The fourth-order valence-corrected chi connectivity index (χ4v) is 2.92. The average Bonchev–Trinajstić information content (AvgIpc) is 2.95. The molecule has 4 nitrogen and oxygen atoms in total. The molecule has 2 aromatic rings. The molecule has 0 unspecified atom stereocenters. The minimum atomic E-state index is -0.326. The van der Waals surface area contributed by atoms with Crippen LogP contribution in [-0.4, -0.2) is 17.7 Å².